The van der Waals surface area contributed by atoms with Crippen LogP contribution in [0.15, 0.2) is 18.2 Å². The summed E-state index contributed by atoms with van der Waals surface area (Å²) >= 11 is 12.1. The topological polar surface area (TPSA) is 72.4 Å². The van der Waals surface area contributed by atoms with Crippen molar-refractivity contribution in [3.05, 3.63) is 51.0 Å². The number of hydrogen-bond acceptors (Lipinski definition) is 3. The van der Waals surface area contributed by atoms with Crippen LogP contribution in [0.1, 0.15) is 34.1 Å². The van der Waals surface area contributed by atoms with Gasteiger partial charge in [0.1, 0.15) is 16.7 Å². The van der Waals surface area contributed by atoms with Gasteiger partial charge < -0.3 is 19.9 Å². The van der Waals surface area contributed by atoms with Crippen molar-refractivity contribution in [3.8, 4) is 0 Å². The van der Waals surface area contributed by atoms with E-state index in [1.807, 2.05) is 0 Å². The van der Waals surface area contributed by atoms with Gasteiger partial charge in [0.05, 0.1) is 18.2 Å². The summed E-state index contributed by atoms with van der Waals surface area (Å²) in [5, 5.41) is 5.71. The first-order chi connectivity index (χ1) is 12.3. The van der Waals surface area contributed by atoms with Gasteiger partial charge in [-0.3, -0.25) is 4.79 Å². The number of methoxy groups -OCH3 is 1. The standard InChI is InChI=1S/C17H16Cl2FN3O3/c1-23-14(16(24)21-8-3-5-11(20)10(18)7-8)9-4-6-12(13(9)15(23)19)22-17(25)26-2/h3,5,7,12H,4,6H2,1-2H3,(H,21,24)(H,22,25). The van der Waals surface area contributed by atoms with Gasteiger partial charge in [0, 0.05) is 18.3 Å². The van der Waals surface area contributed by atoms with Gasteiger partial charge in [-0.1, -0.05) is 23.2 Å². The molecule has 1 aliphatic rings. The smallest absolute Gasteiger partial charge is 0.407 e. The SMILES string of the molecule is COC(=O)NC1CCc2c1c(Cl)n(C)c2C(=O)Nc1ccc(F)c(Cl)c1. The zero-order chi connectivity index (χ0) is 19.0. The summed E-state index contributed by atoms with van der Waals surface area (Å²) in [6.45, 7) is 0. The first-order valence-corrected chi connectivity index (χ1v) is 8.57. The molecule has 1 aromatic heterocycles. The Morgan fingerprint density at radius 1 is 1.35 bits per heavy atom. The molecule has 0 spiro atoms. The number of nitrogens with zero attached hydrogens (tertiary/aromatic N) is 1. The molecule has 26 heavy (non-hydrogen) atoms. The summed E-state index contributed by atoms with van der Waals surface area (Å²) in [7, 11) is 2.95. The number of alkyl carbamates (subject to hydrolysis) is 1. The molecule has 6 nitrogen and oxygen atoms in total. The highest BCUT2D eigenvalue weighted by molar-refractivity contribution is 6.31. The lowest BCUT2D eigenvalue weighted by molar-refractivity contribution is 0.101. The minimum absolute atomic E-state index is 0.0831. The lowest BCUT2D eigenvalue weighted by Crippen LogP contribution is -2.26. The van der Waals surface area contributed by atoms with Crippen molar-refractivity contribution in [1.82, 2.24) is 9.88 Å². The molecule has 2 aromatic rings. The van der Waals surface area contributed by atoms with Gasteiger partial charge in [-0.05, 0) is 36.6 Å². The molecule has 0 saturated carbocycles. The van der Waals surface area contributed by atoms with E-state index in [0.717, 1.165) is 5.56 Å². The molecule has 0 saturated heterocycles. The molecule has 138 valence electrons. The van der Waals surface area contributed by atoms with Crippen LogP contribution >= 0.6 is 23.2 Å². The molecule has 1 aliphatic carbocycles. The Morgan fingerprint density at radius 2 is 2.08 bits per heavy atom. The van der Waals surface area contributed by atoms with E-state index in [9.17, 15) is 14.0 Å². The second kappa shape index (κ2) is 7.17. The van der Waals surface area contributed by atoms with Crippen LogP contribution in [-0.4, -0.2) is 23.7 Å². The summed E-state index contributed by atoms with van der Waals surface area (Å²) in [4.78, 5) is 24.3. The van der Waals surface area contributed by atoms with Crippen LogP contribution < -0.4 is 10.6 Å². The zero-order valence-electron chi connectivity index (χ0n) is 14.0. The normalized spacial score (nSPS) is 15.5. The number of hydrogen-bond donors (Lipinski definition) is 2. The van der Waals surface area contributed by atoms with Crippen LogP contribution in [0.25, 0.3) is 0 Å². The van der Waals surface area contributed by atoms with E-state index in [4.69, 9.17) is 23.2 Å². The monoisotopic (exact) mass is 399 g/mol. The number of aromatic nitrogens is 1. The Morgan fingerprint density at radius 3 is 2.73 bits per heavy atom. The molecule has 1 unspecified atom stereocenters. The van der Waals surface area contributed by atoms with Crippen molar-refractivity contribution in [2.24, 2.45) is 7.05 Å². The lowest BCUT2D eigenvalue weighted by atomic mass is 10.1. The fraction of sp³-hybridized carbons (Fsp3) is 0.294. The molecular weight excluding hydrogens is 384 g/mol. The number of carbonyl (C=O) groups excluding carboxylic acids is 2. The van der Waals surface area contributed by atoms with Gasteiger partial charge in [0.25, 0.3) is 5.91 Å². The maximum absolute atomic E-state index is 13.3. The molecule has 0 bridgehead atoms. The molecule has 9 heteroatoms. The minimum Gasteiger partial charge on any atom is -0.453 e. The van der Waals surface area contributed by atoms with Crippen LogP contribution in [-0.2, 0) is 18.2 Å². The van der Waals surface area contributed by atoms with Crippen molar-refractivity contribution in [1.29, 1.82) is 0 Å². The van der Waals surface area contributed by atoms with Crippen LogP contribution in [0.2, 0.25) is 10.2 Å². The van der Waals surface area contributed by atoms with Gasteiger partial charge in [-0.25, -0.2) is 9.18 Å². The number of anilines is 1. The third kappa shape index (κ3) is 3.24. The molecule has 1 heterocycles. The van der Waals surface area contributed by atoms with E-state index < -0.39 is 17.8 Å². The number of nitrogens with one attached hydrogen (secondary N) is 2. The first-order valence-electron chi connectivity index (χ1n) is 7.81. The summed E-state index contributed by atoms with van der Waals surface area (Å²) in [6.07, 6.45) is 0.634. The highest BCUT2D eigenvalue weighted by Gasteiger charge is 2.34. The zero-order valence-corrected chi connectivity index (χ0v) is 15.5. The van der Waals surface area contributed by atoms with Crippen molar-refractivity contribution in [2.75, 3.05) is 12.4 Å². The number of amides is 2. The number of ether oxygens (including phenoxy) is 1. The maximum atomic E-state index is 13.3. The van der Waals surface area contributed by atoms with Crippen LogP contribution in [0.4, 0.5) is 14.9 Å². The van der Waals surface area contributed by atoms with Crippen LogP contribution in [0.3, 0.4) is 0 Å². The highest BCUT2D eigenvalue weighted by Crippen LogP contribution is 2.40. The Balaban J connectivity index is 1.90. The van der Waals surface area contributed by atoms with Crippen molar-refractivity contribution < 1.29 is 18.7 Å². The lowest BCUT2D eigenvalue weighted by Gasteiger charge is -2.13. The predicted octanol–water partition coefficient (Wildman–Crippen LogP) is 4.07. The number of fused-ring (bicyclic) bond motifs is 1. The average molecular weight is 400 g/mol. The molecule has 0 fully saturated rings. The third-order valence-electron chi connectivity index (χ3n) is 4.36. The van der Waals surface area contributed by atoms with E-state index in [1.165, 1.54) is 25.3 Å². The minimum atomic E-state index is -0.566. The number of carbonyl (C=O) groups is 2. The van der Waals surface area contributed by atoms with E-state index in [2.05, 4.69) is 15.4 Å². The summed E-state index contributed by atoms with van der Waals surface area (Å²) in [5.74, 6) is -0.957. The molecule has 1 atom stereocenters. The summed E-state index contributed by atoms with van der Waals surface area (Å²) in [5.41, 5.74) is 2.24. The van der Waals surface area contributed by atoms with Crippen LogP contribution in [0.5, 0.6) is 0 Å². The second-order valence-electron chi connectivity index (χ2n) is 5.90. The Labute approximate surface area is 159 Å². The van der Waals surface area contributed by atoms with Gasteiger partial charge in [-0.15, -0.1) is 0 Å². The average Bonchev–Trinajstić information content (AvgIpc) is 3.10. The molecule has 2 amide bonds. The summed E-state index contributed by atoms with van der Waals surface area (Å²) in [6, 6.07) is 3.61. The van der Waals surface area contributed by atoms with Gasteiger partial charge in [-0.2, -0.15) is 0 Å². The Bertz CT molecular complexity index is 898. The number of benzene rings is 1. The number of rotatable bonds is 3. The molecule has 2 N–H and O–H groups in total. The molecular formula is C17H16Cl2FN3O3. The third-order valence-corrected chi connectivity index (χ3v) is 5.11. The van der Waals surface area contributed by atoms with Gasteiger partial charge in [0.15, 0.2) is 0 Å². The van der Waals surface area contributed by atoms with E-state index >= 15 is 0 Å². The summed E-state index contributed by atoms with van der Waals surface area (Å²) < 4.78 is 19.5. The second-order valence-corrected chi connectivity index (χ2v) is 6.67. The van der Waals surface area contributed by atoms with Gasteiger partial charge in [0.2, 0.25) is 0 Å². The van der Waals surface area contributed by atoms with Crippen molar-refractivity contribution in [3.63, 3.8) is 0 Å². The Kier molecular flexibility index (Phi) is 5.11. The van der Waals surface area contributed by atoms with Crippen molar-refractivity contribution >= 4 is 40.9 Å². The van der Waals surface area contributed by atoms with E-state index in [-0.39, 0.29) is 11.1 Å². The molecule has 0 aliphatic heterocycles. The largest absolute Gasteiger partial charge is 0.453 e. The molecule has 3 rings (SSSR count). The van der Waals surface area contributed by atoms with E-state index in [0.29, 0.717) is 34.9 Å². The quantitative estimate of drug-likeness (QED) is 0.816. The Hall–Kier alpha value is -2.25. The highest BCUT2D eigenvalue weighted by atomic mass is 35.5. The predicted molar refractivity (Wildman–Crippen MR) is 96.4 cm³/mol. The van der Waals surface area contributed by atoms with Gasteiger partial charge >= 0.3 is 6.09 Å². The van der Waals surface area contributed by atoms with Crippen LogP contribution in [0, 0.1) is 5.82 Å². The fourth-order valence-electron chi connectivity index (χ4n) is 3.17. The molecule has 0 radical (unpaired) electrons. The molecule has 1 aromatic carbocycles. The fourth-order valence-corrected chi connectivity index (χ4v) is 3.68. The maximum Gasteiger partial charge on any atom is 0.407 e. The van der Waals surface area contributed by atoms with E-state index in [1.54, 1.807) is 11.6 Å². The number of halogens is 3. The first kappa shape index (κ1) is 18.5. The van der Waals surface area contributed by atoms with Crippen molar-refractivity contribution in [2.45, 2.75) is 18.9 Å².